The minimum Gasteiger partial charge on any atom is -0.491 e. The van der Waals surface area contributed by atoms with Gasteiger partial charge in [0.15, 0.2) is 0 Å². The molecule has 0 saturated heterocycles. The van der Waals surface area contributed by atoms with Crippen molar-refractivity contribution in [2.75, 3.05) is 44.7 Å². The van der Waals surface area contributed by atoms with Crippen molar-refractivity contribution >= 4 is 11.7 Å². The smallest absolute Gasteiger partial charge is 0.319 e. The second-order valence-corrected chi connectivity index (χ2v) is 5.83. The molecule has 0 aliphatic heterocycles. The van der Waals surface area contributed by atoms with Crippen LogP contribution < -0.4 is 15.4 Å². The number of nitrogens with zero attached hydrogens (tertiary/aromatic N) is 1. The Hall–Kier alpha value is -1.86. The van der Waals surface area contributed by atoms with Crippen LogP contribution in [0.1, 0.15) is 27.7 Å². The van der Waals surface area contributed by atoms with Gasteiger partial charge in [-0.15, -0.1) is 0 Å². The number of carbonyl (C=O) groups is 1. The van der Waals surface area contributed by atoms with E-state index in [0.717, 1.165) is 19.6 Å². The number of nitrogens with one attached hydrogen (secondary N) is 2. The lowest BCUT2D eigenvalue weighted by Gasteiger charge is -2.17. The standard InChI is InChI=1S/C18H30FN3O3/c1-5-22(6-2)10-12-24-11-9-20-18(23)21-17-8-7-15(13-16(17)19)25-14(3)4/h7-8,13-14H,5-6,9-12H2,1-4H3,(H2,20,21,23). The minimum atomic E-state index is -0.538. The average Bonchev–Trinajstić information content (AvgIpc) is 2.56. The quantitative estimate of drug-likeness (QED) is 0.599. The molecular formula is C18H30FN3O3. The summed E-state index contributed by atoms with van der Waals surface area (Å²) in [6, 6.07) is 3.89. The average molecular weight is 355 g/mol. The maximum Gasteiger partial charge on any atom is 0.319 e. The van der Waals surface area contributed by atoms with Crippen molar-refractivity contribution in [2.45, 2.75) is 33.8 Å². The maximum atomic E-state index is 13.9. The van der Waals surface area contributed by atoms with Crippen LogP contribution in [0, 0.1) is 5.82 Å². The molecule has 0 fully saturated rings. The van der Waals surface area contributed by atoms with E-state index in [1.807, 2.05) is 13.8 Å². The molecule has 7 heteroatoms. The van der Waals surface area contributed by atoms with E-state index in [1.165, 1.54) is 12.1 Å². The van der Waals surface area contributed by atoms with E-state index in [9.17, 15) is 9.18 Å². The summed E-state index contributed by atoms with van der Waals surface area (Å²) in [5, 5.41) is 5.11. The Morgan fingerprint density at radius 3 is 2.56 bits per heavy atom. The van der Waals surface area contributed by atoms with E-state index in [4.69, 9.17) is 9.47 Å². The van der Waals surface area contributed by atoms with Crippen LogP contribution in [0.2, 0.25) is 0 Å². The predicted molar refractivity (Wildman–Crippen MR) is 97.8 cm³/mol. The molecular weight excluding hydrogens is 325 g/mol. The molecule has 2 amide bonds. The highest BCUT2D eigenvalue weighted by Crippen LogP contribution is 2.21. The highest BCUT2D eigenvalue weighted by atomic mass is 19.1. The molecule has 0 aromatic heterocycles. The number of rotatable bonds is 11. The monoisotopic (exact) mass is 355 g/mol. The zero-order valence-electron chi connectivity index (χ0n) is 15.6. The van der Waals surface area contributed by atoms with Crippen molar-refractivity contribution in [1.29, 1.82) is 0 Å². The molecule has 0 aliphatic carbocycles. The van der Waals surface area contributed by atoms with Crippen LogP contribution in [0.3, 0.4) is 0 Å². The number of carbonyl (C=O) groups excluding carboxylic acids is 1. The third-order valence-corrected chi connectivity index (χ3v) is 3.54. The van der Waals surface area contributed by atoms with E-state index in [1.54, 1.807) is 6.07 Å². The first-order valence-corrected chi connectivity index (χ1v) is 8.77. The molecule has 6 nitrogen and oxygen atoms in total. The normalized spacial score (nSPS) is 11.0. The Kier molecular flexibility index (Phi) is 9.87. The number of urea groups is 1. The Bertz CT molecular complexity index is 522. The third-order valence-electron chi connectivity index (χ3n) is 3.54. The van der Waals surface area contributed by atoms with Gasteiger partial charge >= 0.3 is 6.03 Å². The Morgan fingerprint density at radius 1 is 1.24 bits per heavy atom. The first-order valence-electron chi connectivity index (χ1n) is 8.77. The van der Waals surface area contributed by atoms with E-state index >= 15 is 0 Å². The van der Waals surface area contributed by atoms with Gasteiger partial charge in [0.05, 0.1) is 25.0 Å². The number of ether oxygens (including phenoxy) is 2. The lowest BCUT2D eigenvalue weighted by Crippen LogP contribution is -2.33. The van der Waals surface area contributed by atoms with Crippen molar-refractivity contribution in [3.8, 4) is 5.75 Å². The Morgan fingerprint density at radius 2 is 1.96 bits per heavy atom. The van der Waals surface area contributed by atoms with Crippen LogP contribution in [-0.4, -0.2) is 56.4 Å². The number of hydrogen-bond acceptors (Lipinski definition) is 4. The van der Waals surface area contributed by atoms with Crippen molar-refractivity contribution < 1.29 is 18.7 Å². The van der Waals surface area contributed by atoms with Crippen molar-refractivity contribution in [3.63, 3.8) is 0 Å². The van der Waals surface area contributed by atoms with Crippen LogP contribution in [-0.2, 0) is 4.74 Å². The molecule has 0 aliphatic rings. The molecule has 0 saturated carbocycles. The number of anilines is 1. The van der Waals surface area contributed by atoms with Crippen LogP contribution in [0.4, 0.5) is 14.9 Å². The topological polar surface area (TPSA) is 62.8 Å². The molecule has 0 unspecified atom stereocenters. The lowest BCUT2D eigenvalue weighted by molar-refractivity contribution is 0.110. The lowest BCUT2D eigenvalue weighted by atomic mass is 10.3. The molecule has 1 aromatic rings. The molecule has 0 heterocycles. The summed E-state index contributed by atoms with van der Waals surface area (Å²) in [7, 11) is 0. The van der Waals surface area contributed by atoms with Crippen LogP contribution in [0.5, 0.6) is 5.75 Å². The maximum absolute atomic E-state index is 13.9. The second kappa shape index (κ2) is 11.7. The van der Waals surface area contributed by atoms with Crippen LogP contribution in [0.15, 0.2) is 18.2 Å². The van der Waals surface area contributed by atoms with Gasteiger partial charge in [0, 0.05) is 19.2 Å². The molecule has 1 aromatic carbocycles. The van der Waals surface area contributed by atoms with Gasteiger partial charge in [0.2, 0.25) is 0 Å². The summed E-state index contributed by atoms with van der Waals surface area (Å²) in [5.41, 5.74) is 0.107. The predicted octanol–water partition coefficient (Wildman–Crippen LogP) is 3.09. The summed E-state index contributed by atoms with van der Waals surface area (Å²) in [4.78, 5) is 14.0. The molecule has 0 radical (unpaired) electrons. The Labute approximate surface area is 149 Å². The second-order valence-electron chi connectivity index (χ2n) is 5.83. The SMILES string of the molecule is CCN(CC)CCOCCNC(=O)Nc1ccc(OC(C)C)cc1F. The van der Waals surface area contributed by atoms with Gasteiger partial charge in [0.25, 0.3) is 0 Å². The summed E-state index contributed by atoms with van der Waals surface area (Å²) < 4.78 is 24.8. The fraction of sp³-hybridized carbons (Fsp3) is 0.611. The van der Waals surface area contributed by atoms with Gasteiger partial charge in [-0.1, -0.05) is 13.8 Å². The highest BCUT2D eigenvalue weighted by Gasteiger charge is 2.08. The van der Waals surface area contributed by atoms with Gasteiger partial charge in [0.1, 0.15) is 11.6 Å². The zero-order chi connectivity index (χ0) is 18.7. The summed E-state index contributed by atoms with van der Waals surface area (Å²) >= 11 is 0. The first kappa shape index (κ1) is 21.2. The fourth-order valence-electron chi connectivity index (χ4n) is 2.18. The highest BCUT2D eigenvalue weighted by molar-refractivity contribution is 5.89. The van der Waals surface area contributed by atoms with E-state index < -0.39 is 11.8 Å². The number of benzene rings is 1. The van der Waals surface area contributed by atoms with Gasteiger partial charge in [-0.05, 0) is 39.1 Å². The Balaban J connectivity index is 2.26. The third kappa shape index (κ3) is 8.69. The largest absolute Gasteiger partial charge is 0.491 e. The van der Waals surface area contributed by atoms with E-state index in [0.29, 0.717) is 25.5 Å². The van der Waals surface area contributed by atoms with Crippen LogP contribution in [0.25, 0.3) is 0 Å². The number of halogens is 1. The number of amides is 2. The number of likely N-dealkylation sites (N-methyl/N-ethyl adjacent to an activating group) is 1. The van der Waals surface area contributed by atoms with Crippen molar-refractivity contribution in [2.24, 2.45) is 0 Å². The fourth-order valence-corrected chi connectivity index (χ4v) is 2.18. The summed E-state index contributed by atoms with van der Waals surface area (Å²) in [6.45, 7) is 12.2. The van der Waals surface area contributed by atoms with Gasteiger partial charge in [-0.2, -0.15) is 0 Å². The summed E-state index contributed by atoms with van der Waals surface area (Å²) in [6.07, 6.45) is -0.0387. The molecule has 25 heavy (non-hydrogen) atoms. The molecule has 2 N–H and O–H groups in total. The van der Waals surface area contributed by atoms with Gasteiger partial charge in [-0.3, -0.25) is 0 Å². The first-order chi connectivity index (χ1) is 12.0. The van der Waals surface area contributed by atoms with Crippen LogP contribution >= 0.6 is 0 Å². The molecule has 0 atom stereocenters. The molecule has 142 valence electrons. The van der Waals surface area contributed by atoms with E-state index in [-0.39, 0.29) is 11.8 Å². The van der Waals surface area contributed by atoms with Gasteiger partial charge < -0.3 is 25.0 Å². The van der Waals surface area contributed by atoms with Crippen molar-refractivity contribution in [3.05, 3.63) is 24.0 Å². The molecule has 1 rings (SSSR count). The zero-order valence-corrected chi connectivity index (χ0v) is 15.6. The van der Waals surface area contributed by atoms with E-state index in [2.05, 4.69) is 29.4 Å². The minimum absolute atomic E-state index is 0.0387. The molecule has 0 spiro atoms. The summed E-state index contributed by atoms with van der Waals surface area (Å²) in [5.74, 6) is -0.108. The van der Waals surface area contributed by atoms with Gasteiger partial charge in [-0.25, -0.2) is 9.18 Å². The number of hydrogen-bond donors (Lipinski definition) is 2. The van der Waals surface area contributed by atoms with Crippen molar-refractivity contribution in [1.82, 2.24) is 10.2 Å². The molecule has 0 bridgehead atoms.